The van der Waals surface area contributed by atoms with Crippen LogP contribution in [0.2, 0.25) is 0 Å². The Morgan fingerprint density at radius 3 is 2.48 bits per heavy atom. The highest BCUT2D eigenvalue weighted by Gasteiger charge is 2.27. The molecule has 1 aromatic heterocycles. The second-order valence-corrected chi connectivity index (χ2v) is 5.16. The van der Waals surface area contributed by atoms with E-state index in [1.54, 1.807) is 14.2 Å². The number of aryl methyl sites for hydroxylation is 1. The van der Waals surface area contributed by atoms with Gasteiger partial charge in [0.2, 0.25) is 0 Å². The minimum atomic E-state index is -0.136. The molecule has 0 bridgehead atoms. The van der Waals surface area contributed by atoms with Crippen molar-refractivity contribution in [2.24, 2.45) is 0 Å². The summed E-state index contributed by atoms with van der Waals surface area (Å²) in [7, 11) is 3.24. The van der Waals surface area contributed by atoms with Gasteiger partial charge in [0, 0.05) is 12.2 Å². The predicted molar refractivity (Wildman–Crippen MR) is 79.2 cm³/mol. The zero-order valence-corrected chi connectivity index (χ0v) is 12.4. The Balaban J connectivity index is 2.16. The molecule has 112 valence electrons. The summed E-state index contributed by atoms with van der Waals surface area (Å²) < 4.78 is 10.7. The van der Waals surface area contributed by atoms with Crippen LogP contribution in [0.5, 0.6) is 11.5 Å². The van der Waals surface area contributed by atoms with E-state index in [1.807, 2.05) is 19.1 Å². The smallest absolute Gasteiger partial charge is 0.269 e. The molecule has 1 aromatic carbocycles. The SMILES string of the molecule is COc1cc2c(cc1OC)C(c1c(C)[nH][nH]c1=O)NCC2. The molecule has 1 unspecified atom stereocenters. The van der Waals surface area contributed by atoms with E-state index in [1.165, 1.54) is 5.56 Å². The van der Waals surface area contributed by atoms with Gasteiger partial charge in [-0.3, -0.25) is 9.89 Å². The van der Waals surface area contributed by atoms with E-state index in [0.717, 1.165) is 35.5 Å². The van der Waals surface area contributed by atoms with Gasteiger partial charge in [0.25, 0.3) is 5.56 Å². The molecule has 1 atom stereocenters. The third kappa shape index (κ3) is 2.21. The van der Waals surface area contributed by atoms with E-state index >= 15 is 0 Å². The molecule has 6 nitrogen and oxygen atoms in total. The molecule has 3 N–H and O–H groups in total. The van der Waals surface area contributed by atoms with Crippen molar-refractivity contribution in [3.63, 3.8) is 0 Å². The summed E-state index contributed by atoms with van der Waals surface area (Å²) >= 11 is 0. The number of nitrogens with one attached hydrogen (secondary N) is 3. The number of aromatic amines is 2. The van der Waals surface area contributed by atoms with Crippen LogP contribution in [0.1, 0.15) is 28.4 Å². The van der Waals surface area contributed by atoms with Crippen LogP contribution in [0.3, 0.4) is 0 Å². The average molecular weight is 289 g/mol. The molecule has 1 aliphatic rings. The Labute approximate surface area is 122 Å². The van der Waals surface area contributed by atoms with E-state index in [9.17, 15) is 4.79 Å². The molecule has 0 radical (unpaired) electrons. The van der Waals surface area contributed by atoms with Gasteiger partial charge in [-0.05, 0) is 36.6 Å². The minimum Gasteiger partial charge on any atom is -0.493 e. The highest BCUT2D eigenvalue weighted by atomic mass is 16.5. The summed E-state index contributed by atoms with van der Waals surface area (Å²) in [5, 5.41) is 8.93. The maximum absolute atomic E-state index is 12.0. The van der Waals surface area contributed by atoms with Crippen molar-refractivity contribution in [1.29, 1.82) is 0 Å². The largest absolute Gasteiger partial charge is 0.493 e. The lowest BCUT2D eigenvalue weighted by Crippen LogP contribution is -2.33. The number of ether oxygens (including phenoxy) is 2. The van der Waals surface area contributed by atoms with Gasteiger partial charge >= 0.3 is 0 Å². The molecule has 0 saturated carbocycles. The second kappa shape index (κ2) is 5.29. The van der Waals surface area contributed by atoms with Gasteiger partial charge < -0.3 is 19.9 Å². The van der Waals surface area contributed by atoms with Crippen LogP contribution in [0.4, 0.5) is 0 Å². The number of H-pyrrole nitrogens is 2. The Hall–Kier alpha value is -2.21. The van der Waals surface area contributed by atoms with Gasteiger partial charge in [-0.25, -0.2) is 0 Å². The summed E-state index contributed by atoms with van der Waals surface area (Å²) in [6.07, 6.45) is 0.896. The maximum Gasteiger partial charge on any atom is 0.269 e. The summed E-state index contributed by atoms with van der Waals surface area (Å²) in [5.41, 5.74) is 3.72. The van der Waals surface area contributed by atoms with E-state index in [-0.39, 0.29) is 11.6 Å². The van der Waals surface area contributed by atoms with E-state index in [4.69, 9.17) is 9.47 Å². The predicted octanol–water partition coefficient (Wildman–Crippen LogP) is 1.26. The Morgan fingerprint density at radius 2 is 1.86 bits per heavy atom. The van der Waals surface area contributed by atoms with Gasteiger partial charge in [-0.2, -0.15) is 0 Å². The normalized spacial score (nSPS) is 17.4. The molecule has 0 fully saturated rings. The Bertz CT molecular complexity index is 717. The first kappa shape index (κ1) is 13.8. The van der Waals surface area contributed by atoms with Gasteiger partial charge in [0.05, 0.1) is 25.8 Å². The molecule has 2 heterocycles. The molecule has 3 rings (SSSR count). The van der Waals surface area contributed by atoms with Crippen LogP contribution >= 0.6 is 0 Å². The van der Waals surface area contributed by atoms with Crippen LogP contribution in [0.15, 0.2) is 16.9 Å². The molecule has 0 spiro atoms. The van der Waals surface area contributed by atoms with Crippen LogP contribution in [-0.4, -0.2) is 31.0 Å². The van der Waals surface area contributed by atoms with Crippen LogP contribution in [-0.2, 0) is 6.42 Å². The number of benzene rings is 1. The fraction of sp³-hybridized carbons (Fsp3) is 0.400. The van der Waals surface area contributed by atoms with Gasteiger partial charge in [0.15, 0.2) is 11.5 Å². The number of hydrogen-bond acceptors (Lipinski definition) is 4. The molecular formula is C15H19N3O3. The summed E-state index contributed by atoms with van der Waals surface area (Å²) in [5.74, 6) is 1.39. The molecule has 0 saturated heterocycles. The van der Waals surface area contributed by atoms with Crippen molar-refractivity contribution in [3.8, 4) is 11.5 Å². The topological polar surface area (TPSA) is 79.1 Å². The summed E-state index contributed by atoms with van der Waals surface area (Å²) in [4.78, 5) is 12.0. The van der Waals surface area contributed by atoms with Crippen molar-refractivity contribution in [3.05, 3.63) is 44.9 Å². The summed E-state index contributed by atoms with van der Waals surface area (Å²) in [6, 6.07) is 3.82. The van der Waals surface area contributed by atoms with Crippen molar-refractivity contribution in [2.45, 2.75) is 19.4 Å². The highest BCUT2D eigenvalue weighted by molar-refractivity contribution is 5.51. The van der Waals surface area contributed by atoms with Gasteiger partial charge in [0.1, 0.15) is 0 Å². The molecular weight excluding hydrogens is 270 g/mol. The van der Waals surface area contributed by atoms with E-state index < -0.39 is 0 Å². The first-order valence-corrected chi connectivity index (χ1v) is 6.91. The molecule has 1 aliphatic heterocycles. The number of aromatic nitrogens is 2. The van der Waals surface area contributed by atoms with E-state index in [0.29, 0.717) is 5.75 Å². The lowest BCUT2D eigenvalue weighted by Gasteiger charge is -2.27. The lowest BCUT2D eigenvalue weighted by molar-refractivity contribution is 0.353. The zero-order valence-electron chi connectivity index (χ0n) is 12.4. The van der Waals surface area contributed by atoms with Gasteiger partial charge in [-0.15, -0.1) is 0 Å². The van der Waals surface area contributed by atoms with Crippen LogP contribution < -0.4 is 20.3 Å². The second-order valence-electron chi connectivity index (χ2n) is 5.16. The maximum atomic E-state index is 12.0. The Kier molecular flexibility index (Phi) is 3.47. The number of rotatable bonds is 3. The molecule has 0 aliphatic carbocycles. The zero-order chi connectivity index (χ0) is 15.0. The third-order valence-corrected chi connectivity index (χ3v) is 4.00. The average Bonchev–Trinajstić information content (AvgIpc) is 2.84. The first-order chi connectivity index (χ1) is 10.2. The van der Waals surface area contributed by atoms with Crippen molar-refractivity contribution in [2.75, 3.05) is 20.8 Å². The van der Waals surface area contributed by atoms with Crippen LogP contribution in [0, 0.1) is 6.92 Å². The molecule has 21 heavy (non-hydrogen) atoms. The molecule has 2 aromatic rings. The van der Waals surface area contributed by atoms with E-state index in [2.05, 4.69) is 15.5 Å². The molecule has 6 heteroatoms. The highest BCUT2D eigenvalue weighted by Crippen LogP contribution is 2.37. The standard InChI is InChI=1S/C15H19N3O3/c1-8-13(15(19)18-17-8)14-10-7-12(21-3)11(20-2)6-9(10)4-5-16-14/h6-7,14,16H,4-5H2,1-3H3,(H2,17,18,19). The lowest BCUT2D eigenvalue weighted by atomic mass is 9.89. The number of methoxy groups -OCH3 is 2. The monoisotopic (exact) mass is 289 g/mol. The quantitative estimate of drug-likeness (QED) is 0.795. The number of fused-ring (bicyclic) bond motifs is 1. The summed E-state index contributed by atoms with van der Waals surface area (Å²) in [6.45, 7) is 2.71. The van der Waals surface area contributed by atoms with Crippen LogP contribution in [0.25, 0.3) is 0 Å². The van der Waals surface area contributed by atoms with Gasteiger partial charge in [-0.1, -0.05) is 0 Å². The van der Waals surface area contributed by atoms with Crippen molar-refractivity contribution >= 4 is 0 Å². The fourth-order valence-electron chi connectivity index (χ4n) is 2.94. The molecule has 0 amide bonds. The minimum absolute atomic E-state index is 0.0902. The number of hydrogen-bond donors (Lipinski definition) is 3. The third-order valence-electron chi connectivity index (χ3n) is 4.00. The fourth-order valence-corrected chi connectivity index (χ4v) is 2.94. The first-order valence-electron chi connectivity index (χ1n) is 6.91. The Morgan fingerprint density at radius 1 is 1.14 bits per heavy atom. The van der Waals surface area contributed by atoms with Crippen molar-refractivity contribution in [1.82, 2.24) is 15.5 Å². The van der Waals surface area contributed by atoms with Crippen molar-refractivity contribution < 1.29 is 9.47 Å².